The summed E-state index contributed by atoms with van der Waals surface area (Å²) < 4.78 is 6.41. The van der Waals surface area contributed by atoms with Crippen LogP contribution in [0.1, 0.15) is 0 Å². The molecule has 0 fully saturated rings. The van der Waals surface area contributed by atoms with Crippen molar-refractivity contribution in [2.75, 3.05) is 0 Å². The summed E-state index contributed by atoms with van der Waals surface area (Å²) >= 11 is 0. The van der Waals surface area contributed by atoms with Gasteiger partial charge >= 0.3 is 0 Å². The fourth-order valence-corrected chi connectivity index (χ4v) is 6.68. The van der Waals surface area contributed by atoms with Crippen molar-refractivity contribution < 1.29 is 4.42 Å². The molecule has 9 rings (SSSR count). The number of para-hydroxylation sites is 1. The van der Waals surface area contributed by atoms with E-state index in [0.29, 0.717) is 5.82 Å². The number of benzene rings is 7. The van der Waals surface area contributed by atoms with Gasteiger partial charge in [0.1, 0.15) is 11.2 Å². The fraction of sp³-hybridized carbons (Fsp3) is 0. The Morgan fingerprint density at radius 1 is 0.383 bits per heavy atom. The topological polar surface area (TPSA) is 38.9 Å². The second-order valence-corrected chi connectivity index (χ2v) is 11.8. The molecule has 47 heavy (non-hydrogen) atoms. The van der Waals surface area contributed by atoms with E-state index in [-0.39, 0.29) is 0 Å². The van der Waals surface area contributed by atoms with Crippen LogP contribution >= 0.6 is 0 Å². The molecule has 2 heterocycles. The number of hydrogen-bond donors (Lipinski definition) is 0. The molecule has 0 N–H and O–H groups in total. The van der Waals surface area contributed by atoms with Crippen molar-refractivity contribution in [2.45, 2.75) is 0 Å². The Balaban J connectivity index is 1.30. The third kappa shape index (κ3) is 4.77. The van der Waals surface area contributed by atoms with E-state index in [1.165, 1.54) is 21.9 Å². The largest absolute Gasteiger partial charge is 0.456 e. The molecule has 0 amide bonds. The van der Waals surface area contributed by atoms with Crippen LogP contribution in [0, 0.1) is 0 Å². The molecule has 7 aromatic carbocycles. The molecule has 0 aliphatic carbocycles. The second-order valence-electron chi connectivity index (χ2n) is 11.8. The van der Waals surface area contributed by atoms with E-state index in [9.17, 15) is 0 Å². The minimum Gasteiger partial charge on any atom is -0.456 e. The smallest absolute Gasteiger partial charge is 0.160 e. The highest BCUT2D eigenvalue weighted by Crippen LogP contribution is 2.43. The number of nitrogens with zero attached hydrogens (tertiary/aromatic N) is 2. The number of rotatable bonds is 5. The predicted molar refractivity (Wildman–Crippen MR) is 194 cm³/mol. The van der Waals surface area contributed by atoms with Gasteiger partial charge in [-0.15, -0.1) is 0 Å². The second kappa shape index (κ2) is 11.2. The molecule has 0 atom stereocenters. The van der Waals surface area contributed by atoms with E-state index in [2.05, 4.69) is 121 Å². The minimum atomic E-state index is 0.684. The van der Waals surface area contributed by atoms with Crippen LogP contribution in [0.3, 0.4) is 0 Å². The van der Waals surface area contributed by atoms with E-state index in [1.807, 2.05) is 48.5 Å². The Kier molecular flexibility index (Phi) is 6.46. The maximum absolute atomic E-state index is 6.41. The van der Waals surface area contributed by atoms with Crippen molar-refractivity contribution in [3.63, 3.8) is 0 Å². The Morgan fingerprint density at radius 2 is 1.00 bits per heavy atom. The van der Waals surface area contributed by atoms with Gasteiger partial charge in [-0.05, 0) is 57.3 Å². The number of fused-ring (bicyclic) bond motifs is 4. The zero-order valence-electron chi connectivity index (χ0n) is 25.5. The maximum atomic E-state index is 6.41. The van der Waals surface area contributed by atoms with E-state index in [0.717, 1.165) is 61.1 Å². The van der Waals surface area contributed by atoms with Crippen molar-refractivity contribution in [1.29, 1.82) is 0 Å². The number of hydrogen-bond acceptors (Lipinski definition) is 3. The summed E-state index contributed by atoms with van der Waals surface area (Å²) in [5.41, 5.74) is 11.1. The molecule has 2 aromatic heterocycles. The Labute approximate surface area is 272 Å². The summed E-state index contributed by atoms with van der Waals surface area (Å²) in [5.74, 6) is 0.684. The van der Waals surface area contributed by atoms with Crippen LogP contribution in [-0.4, -0.2) is 9.97 Å². The molecule has 0 bridgehead atoms. The van der Waals surface area contributed by atoms with Crippen LogP contribution in [0.15, 0.2) is 174 Å². The minimum absolute atomic E-state index is 0.684. The van der Waals surface area contributed by atoms with Gasteiger partial charge in [0.15, 0.2) is 5.82 Å². The van der Waals surface area contributed by atoms with Gasteiger partial charge in [0.25, 0.3) is 0 Å². The standard InChI is InChI=1S/C44H28N2O/c1-3-13-32(14-4-1)38-28-39(46-44(45-38)33-15-5-2-6-16-33)42-36(26-27-41-43(42)37-19-9-10-21-40(37)47-41)31-24-22-30(23-25-31)35-20-11-17-29-12-7-8-18-34(29)35/h1-28H. The highest BCUT2D eigenvalue weighted by atomic mass is 16.3. The first-order chi connectivity index (χ1) is 23.3. The van der Waals surface area contributed by atoms with Crippen LogP contribution in [0.25, 0.3) is 88.9 Å². The summed E-state index contributed by atoms with van der Waals surface area (Å²) in [6.07, 6.45) is 0. The van der Waals surface area contributed by atoms with E-state index in [1.54, 1.807) is 0 Å². The summed E-state index contributed by atoms with van der Waals surface area (Å²) in [4.78, 5) is 10.3. The quantitative estimate of drug-likeness (QED) is 0.197. The van der Waals surface area contributed by atoms with Crippen molar-refractivity contribution in [2.24, 2.45) is 0 Å². The molecule has 3 heteroatoms. The van der Waals surface area contributed by atoms with Crippen molar-refractivity contribution in [3.05, 3.63) is 170 Å². The lowest BCUT2D eigenvalue weighted by Gasteiger charge is -2.15. The van der Waals surface area contributed by atoms with Gasteiger partial charge in [0.05, 0.1) is 11.4 Å². The monoisotopic (exact) mass is 600 g/mol. The SMILES string of the molecule is c1ccc(-c2cc(-c3c(-c4ccc(-c5cccc6ccccc56)cc4)ccc4oc5ccccc5c34)nc(-c3ccccc3)n2)cc1. The molecule has 0 aliphatic rings. The zero-order chi connectivity index (χ0) is 31.2. The Hall–Kier alpha value is -6.32. The van der Waals surface area contributed by atoms with Gasteiger partial charge in [-0.1, -0.05) is 146 Å². The predicted octanol–water partition coefficient (Wildman–Crippen LogP) is 11.9. The summed E-state index contributed by atoms with van der Waals surface area (Å²) in [6, 6.07) is 59.1. The molecule has 0 spiro atoms. The molecule has 0 radical (unpaired) electrons. The molecule has 0 unspecified atom stereocenters. The number of furan rings is 1. The molecule has 3 nitrogen and oxygen atoms in total. The zero-order valence-corrected chi connectivity index (χ0v) is 25.5. The van der Waals surface area contributed by atoms with Gasteiger partial charge in [0.2, 0.25) is 0 Å². The average Bonchev–Trinajstić information content (AvgIpc) is 3.54. The van der Waals surface area contributed by atoms with Crippen molar-refractivity contribution in [3.8, 4) is 56.2 Å². The Morgan fingerprint density at radius 3 is 1.79 bits per heavy atom. The van der Waals surface area contributed by atoms with Crippen molar-refractivity contribution >= 4 is 32.7 Å². The molecular formula is C44H28N2O. The summed E-state index contributed by atoms with van der Waals surface area (Å²) in [7, 11) is 0. The van der Waals surface area contributed by atoms with Crippen LogP contribution < -0.4 is 0 Å². The lowest BCUT2D eigenvalue weighted by Crippen LogP contribution is -1.97. The lowest BCUT2D eigenvalue weighted by atomic mass is 9.91. The van der Waals surface area contributed by atoms with Crippen molar-refractivity contribution in [1.82, 2.24) is 9.97 Å². The average molecular weight is 601 g/mol. The normalized spacial score (nSPS) is 11.4. The maximum Gasteiger partial charge on any atom is 0.160 e. The van der Waals surface area contributed by atoms with Crippen LogP contribution in [0.5, 0.6) is 0 Å². The Bertz CT molecular complexity index is 2490. The van der Waals surface area contributed by atoms with Gasteiger partial charge < -0.3 is 4.42 Å². The molecular weight excluding hydrogens is 572 g/mol. The van der Waals surface area contributed by atoms with Crippen LogP contribution in [0.4, 0.5) is 0 Å². The number of aromatic nitrogens is 2. The lowest BCUT2D eigenvalue weighted by molar-refractivity contribution is 0.669. The third-order valence-electron chi connectivity index (χ3n) is 8.92. The first-order valence-corrected chi connectivity index (χ1v) is 15.8. The molecule has 0 saturated heterocycles. The highest BCUT2D eigenvalue weighted by Gasteiger charge is 2.21. The highest BCUT2D eigenvalue weighted by molar-refractivity contribution is 6.15. The molecule has 9 aromatic rings. The first-order valence-electron chi connectivity index (χ1n) is 15.8. The van der Waals surface area contributed by atoms with Crippen LogP contribution in [-0.2, 0) is 0 Å². The first kappa shape index (κ1) is 27.0. The molecule has 0 aliphatic heterocycles. The van der Waals surface area contributed by atoms with E-state index in [4.69, 9.17) is 14.4 Å². The van der Waals surface area contributed by atoms with E-state index < -0.39 is 0 Å². The van der Waals surface area contributed by atoms with Gasteiger partial charge in [-0.25, -0.2) is 9.97 Å². The van der Waals surface area contributed by atoms with Gasteiger partial charge in [-0.3, -0.25) is 0 Å². The summed E-state index contributed by atoms with van der Waals surface area (Å²) in [5, 5.41) is 4.60. The van der Waals surface area contributed by atoms with Gasteiger partial charge in [-0.2, -0.15) is 0 Å². The molecule has 220 valence electrons. The van der Waals surface area contributed by atoms with E-state index >= 15 is 0 Å². The third-order valence-corrected chi connectivity index (χ3v) is 8.92. The summed E-state index contributed by atoms with van der Waals surface area (Å²) in [6.45, 7) is 0. The van der Waals surface area contributed by atoms with Gasteiger partial charge in [0, 0.05) is 27.5 Å². The van der Waals surface area contributed by atoms with Crippen LogP contribution in [0.2, 0.25) is 0 Å². The fourth-order valence-electron chi connectivity index (χ4n) is 6.68. The molecule has 0 saturated carbocycles.